The van der Waals surface area contributed by atoms with E-state index in [0.717, 1.165) is 0 Å². The van der Waals surface area contributed by atoms with E-state index in [1.54, 1.807) is 27.7 Å². The van der Waals surface area contributed by atoms with E-state index < -0.39 is 54.5 Å². The fourth-order valence-corrected chi connectivity index (χ4v) is 3.37. The molecule has 3 unspecified atom stereocenters. The normalized spacial score (nSPS) is 14.3. The van der Waals surface area contributed by atoms with Gasteiger partial charge in [0.1, 0.15) is 12.1 Å². The van der Waals surface area contributed by atoms with Crippen molar-refractivity contribution in [3.05, 3.63) is 23.8 Å². The lowest BCUT2D eigenvalue weighted by Crippen LogP contribution is -2.42. The molecule has 220 valence electrons. The van der Waals surface area contributed by atoms with E-state index in [4.69, 9.17) is 34.2 Å². The molecule has 0 heterocycles. The molecule has 4 atom stereocenters. The molecule has 0 radical (unpaired) electrons. The summed E-state index contributed by atoms with van der Waals surface area (Å²) in [5, 5.41) is 9.71. The Morgan fingerprint density at radius 1 is 0.769 bits per heavy atom. The molecule has 0 bridgehead atoms. The third-order valence-electron chi connectivity index (χ3n) is 5.40. The number of benzene rings is 1. The summed E-state index contributed by atoms with van der Waals surface area (Å²) >= 11 is 0. The third kappa shape index (κ3) is 11.8. The first-order valence-corrected chi connectivity index (χ1v) is 12.8. The van der Waals surface area contributed by atoms with Crippen molar-refractivity contribution in [3.8, 4) is 11.5 Å². The molecule has 12 heteroatoms. The van der Waals surface area contributed by atoms with Crippen LogP contribution in [0.3, 0.4) is 0 Å². The van der Waals surface area contributed by atoms with Gasteiger partial charge < -0.3 is 39.3 Å². The second-order valence-electron chi connectivity index (χ2n) is 10.3. The Hall–Kier alpha value is -3.54. The number of rotatable bonds is 13. The summed E-state index contributed by atoms with van der Waals surface area (Å²) in [6.07, 6.45) is -4.20. The van der Waals surface area contributed by atoms with Crippen molar-refractivity contribution in [1.29, 1.82) is 0 Å². The smallest absolute Gasteiger partial charge is 0.480 e. The van der Waals surface area contributed by atoms with Crippen molar-refractivity contribution >= 4 is 24.4 Å². The van der Waals surface area contributed by atoms with Crippen molar-refractivity contribution in [2.24, 2.45) is 23.5 Å². The molecule has 0 spiro atoms. The van der Waals surface area contributed by atoms with Crippen LogP contribution in [0.5, 0.6) is 11.5 Å². The van der Waals surface area contributed by atoms with E-state index in [1.165, 1.54) is 18.2 Å². The molecular formula is C27H41NO11. The van der Waals surface area contributed by atoms with Crippen molar-refractivity contribution in [3.63, 3.8) is 0 Å². The van der Waals surface area contributed by atoms with Crippen molar-refractivity contribution in [2.45, 2.75) is 79.6 Å². The lowest BCUT2D eigenvalue weighted by atomic mass is 9.79. The molecule has 0 saturated carbocycles. The van der Waals surface area contributed by atoms with Crippen LogP contribution in [0.4, 0.5) is 14.4 Å². The van der Waals surface area contributed by atoms with Crippen LogP contribution in [-0.4, -0.2) is 61.0 Å². The van der Waals surface area contributed by atoms with Crippen molar-refractivity contribution in [1.82, 2.24) is 0 Å². The van der Waals surface area contributed by atoms with Gasteiger partial charge in [0, 0.05) is 11.8 Å². The van der Waals surface area contributed by atoms with Crippen LogP contribution in [0, 0.1) is 17.8 Å². The highest BCUT2D eigenvalue weighted by atomic mass is 16.7. The monoisotopic (exact) mass is 555 g/mol. The average molecular weight is 556 g/mol. The highest BCUT2D eigenvalue weighted by Crippen LogP contribution is 2.37. The number of nitrogens with two attached hydrogens (primary N) is 1. The number of hydrogen-bond donors (Lipinski definition) is 2. The first-order chi connectivity index (χ1) is 18.1. The molecule has 0 amide bonds. The molecule has 0 fully saturated rings. The Kier molecular flexibility index (Phi) is 13.5. The van der Waals surface area contributed by atoms with Gasteiger partial charge in [0.2, 0.25) is 0 Å². The first-order valence-electron chi connectivity index (χ1n) is 12.8. The molecule has 12 nitrogen and oxygen atoms in total. The predicted octanol–water partition coefficient (Wildman–Crippen LogP) is 5.11. The van der Waals surface area contributed by atoms with E-state index in [1.807, 2.05) is 27.7 Å². The molecular weight excluding hydrogens is 514 g/mol. The largest absolute Gasteiger partial charge is 0.513 e. The molecule has 0 aliphatic heterocycles. The van der Waals surface area contributed by atoms with Gasteiger partial charge in [-0.1, -0.05) is 40.7 Å². The van der Waals surface area contributed by atoms with Gasteiger partial charge in [-0.15, -0.1) is 0 Å². The summed E-state index contributed by atoms with van der Waals surface area (Å²) in [7, 11) is 0. The highest BCUT2D eigenvalue weighted by Gasteiger charge is 2.36. The number of aliphatic carboxylic acids is 1. The summed E-state index contributed by atoms with van der Waals surface area (Å²) in [6.45, 7) is 14.1. The Balaban J connectivity index is 3.40. The van der Waals surface area contributed by atoms with Crippen LogP contribution in [0.1, 0.15) is 66.9 Å². The fraction of sp³-hybridized carbons (Fsp3) is 0.630. The standard InChI is InChI=1S/C27H41NO11/c1-14(2)12-34-25(31)38-20-10-9-19(11-21(20)39-26(32)35-13-15(3)4)22(23(28)24(29)30)17(7)18(8)37-27(33)36-16(5)6/h9-11,14-18,22-23H,12-13,28H2,1-8H3,(H,29,30)/t17?,18?,22?,23-/m0/s1. The zero-order valence-electron chi connectivity index (χ0n) is 23.8. The second kappa shape index (κ2) is 15.8. The molecule has 1 rings (SSSR count). The van der Waals surface area contributed by atoms with Crippen molar-refractivity contribution in [2.75, 3.05) is 13.2 Å². The van der Waals surface area contributed by atoms with E-state index >= 15 is 0 Å². The number of carboxylic acids is 1. The van der Waals surface area contributed by atoms with E-state index in [2.05, 4.69) is 0 Å². The summed E-state index contributed by atoms with van der Waals surface area (Å²) in [5.74, 6) is -3.16. The Morgan fingerprint density at radius 2 is 1.28 bits per heavy atom. The predicted molar refractivity (Wildman–Crippen MR) is 140 cm³/mol. The fourth-order valence-electron chi connectivity index (χ4n) is 3.37. The van der Waals surface area contributed by atoms with Gasteiger partial charge in [0.15, 0.2) is 11.5 Å². The molecule has 1 aromatic rings. The minimum atomic E-state index is -1.43. The van der Waals surface area contributed by atoms with Gasteiger partial charge in [0.25, 0.3) is 0 Å². The van der Waals surface area contributed by atoms with Crippen LogP contribution in [0.2, 0.25) is 0 Å². The van der Waals surface area contributed by atoms with Gasteiger partial charge in [-0.05, 0) is 50.3 Å². The molecule has 0 aromatic heterocycles. The van der Waals surface area contributed by atoms with Gasteiger partial charge in [-0.2, -0.15) is 0 Å². The summed E-state index contributed by atoms with van der Waals surface area (Å²) < 4.78 is 31.0. The van der Waals surface area contributed by atoms with Crippen molar-refractivity contribution < 1.29 is 52.7 Å². The topological polar surface area (TPSA) is 170 Å². The molecule has 1 aromatic carbocycles. The van der Waals surface area contributed by atoms with E-state index in [9.17, 15) is 24.3 Å². The second-order valence-corrected chi connectivity index (χ2v) is 10.3. The minimum Gasteiger partial charge on any atom is -0.480 e. The summed E-state index contributed by atoms with van der Waals surface area (Å²) in [5.41, 5.74) is 6.37. The van der Waals surface area contributed by atoms with Crippen LogP contribution < -0.4 is 15.2 Å². The SMILES string of the molecule is CC(C)COC(=O)Oc1ccc(C(C(C)C(C)OC(=O)OC(C)C)[C@H](N)C(=O)O)cc1OC(=O)OCC(C)C. The zero-order valence-corrected chi connectivity index (χ0v) is 23.8. The van der Waals surface area contributed by atoms with Gasteiger partial charge >= 0.3 is 24.4 Å². The number of ether oxygens (including phenoxy) is 6. The van der Waals surface area contributed by atoms with Gasteiger partial charge in [-0.25, -0.2) is 14.4 Å². The molecule has 39 heavy (non-hydrogen) atoms. The minimum absolute atomic E-state index is 0.0354. The van der Waals surface area contributed by atoms with Crippen LogP contribution >= 0.6 is 0 Å². The molecule has 3 N–H and O–H groups in total. The average Bonchev–Trinajstić information content (AvgIpc) is 2.82. The molecule has 0 saturated heterocycles. The maximum atomic E-state index is 12.3. The third-order valence-corrected chi connectivity index (χ3v) is 5.40. The lowest BCUT2D eigenvalue weighted by molar-refractivity contribution is -0.139. The number of carbonyl (C=O) groups excluding carboxylic acids is 3. The maximum absolute atomic E-state index is 12.3. The maximum Gasteiger partial charge on any atom is 0.513 e. The number of carboxylic acid groups (broad SMARTS) is 1. The highest BCUT2D eigenvalue weighted by molar-refractivity contribution is 5.75. The van der Waals surface area contributed by atoms with Gasteiger partial charge in [-0.3, -0.25) is 4.79 Å². The first kappa shape index (κ1) is 33.5. The summed E-state index contributed by atoms with van der Waals surface area (Å²) in [4.78, 5) is 48.5. The van der Waals surface area contributed by atoms with E-state index in [0.29, 0.717) is 5.56 Å². The Labute approximate surface area is 229 Å². The Bertz CT molecular complexity index is 976. The van der Waals surface area contributed by atoms with E-state index in [-0.39, 0.29) is 36.5 Å². The Morgan fingerprint density at radius 3 is 1.74 bits per heavy atom. The zero-order chi connectivity index (χ0) is 29.9. The van der Waals surface area contributed by atoms with Gasteiger partial charge in [0.05, 0.1) is 19.3 Å². The van der Waals surface area contributed by atoms with Crippen LogP contribution in [0.25, 0.3) is 0 Å². The molecule has 0 aliphatic carbocycles. The number of hydrogen-bond acceptors (Lipinski definition) is 11. The van der Waals surface area contributed by atoms with Crippen LogP contribution in [0.15, 0.2) is 18.2 Å². The lowest BCUT2D eigenvalue weighted by Gasteiger charge is -2.31. The molecule has 0 aliphatic rings. The number of carbonyl (C=O) groups is 4. The van der Waals surface area contributed by atoms with Crippen LogP contribution in [-0.2, 0) is 23.7 Å². The quantitative estimate of drug-likeness (QED) is 0.187. The summed E-state index contributed by atoms with van der Waals surface area (Å²) in [6, 6.07) is 2.69.